The number of nitrogens with zero attached hydrogens (tertiary/aromatic N) is 2. The summed E-state index contributed by atoms with van der Waals surface area (Å²) in [6.07, 6.45) is 3.03. The predicted molar refractivity (Wildman–Crippen MR) is 67.8 cm³/mol. The number of thiocarbonyl (C=S) groups is 1. The number of hydrogen-bond donors (Lipinski definition) is 1. The fourth-order valence-electron chi connectivity index (χ4n) is 1.98. The van der Waals surface area contributed by atoms with Crippen LogP contribution in [0.3, 0.4) is 0 Å². The number of hydrogen-bond acceptors (Lipinski definition) is 4. The normalized spacial score (nSPS) is 20.1. The average molecular weight is 237 g/mol. The van der Waals surface area contributed by atoms with Gasteiger partial charge in [0.2, 0.25) is 0 Å². The van der Waals surface area contributed by atoms with Crippen molar-refractivity contribution in [1.29, 1.82) is 0 Å². The summed E-state index contributed by atoms with van der Waals surface area (Å²) in [6.45, 7) is 1.83. The molecule has 0 radical (unpaired) electrons. The number of ether oxygens (including phenoxy) is 1. The van der Waals surface area contributed by atoms with Crippen molar-refractivity contribution in [1.82, 2.24) is 4.98 Å². The zero-order chi connectivity index (χ0) is 11.5. The third-order valence-electron chi connectivity index (χ3n) is 2.84. The highest BCUT2D eigenvalue weighted by Crippen LogP contribution is 2.23. The first-order chi connectivity index (χ1) is 7.72. The zero-order valence-electron chi connectivity index (χ0n) is 9.22. The molecular formula is C11H15N3OS. The van der Waals surface area contributed by atoms with Crippen molar-refractivity contribution in [2.75, 3.05) is 25.1 Å². The molecule has 4 nitrogen and oxygen atoms in total. The highest BCUT2D eigenvalue weighted by molar-refractivity contribution is 7.80. The molecule has 2 heterocycles. The van der Waals surface area contributed by atoms with E-state index in [2.05, 4.69) is 9.88 Å². The van der Waals surface area contributed by atoms with E-state index in [1.165, 1.54) is 0 Å². The van der Waals surface area contributed by atoms with Crippen molar-refractivity contribution in [3.05, 3.63) is 24.0 Å². The molecule has 2 rings (SSSR count). The van der Waals surface area contributed by atoms with Gasteiger partial charge in [-0.1, -0.05) is 12.2 Å². The van der Waals surface area contributed by atoms with Gasteiger partial charge in [-0.25, -0.2) is 0 Å². The highest BCUT2D eigenvalue weighted by Gasteiger charge is 2.24. The molecule has 0 aliphatic carbocycles. The van der Waals surface area contributed by atoms with Gasteiger partial charge in [-0.3, -0.25) is 4.98 Å². The van der Waals surface area contributed by atoms with E-state index in [9.17, 15) is 0 Å². The van der Waals surface area contributed by atoms with Gasteiger partial charge in [0.15, 0.2) is 0 Å². The summed E-state index contributed by atoms with van der Waals surface area (Å²) < 4.78 is 5.34. The van der Waals surface area contributed by atoms with Crippen LogP contribution in [0, 0.1) is 0 Å². The molecule has 1 fully saturated rings. The Labute approximate surface area is 100 Å². The lowest BCUT2D eigenvalue weighted by molar-refractivity contribution is 0.121. The molecule has 16 heavy (non-hydrogen) atoms. The smallest absolute Gasteiger partial charge is 0.124 e. The molecule has 1 aromatic heterocycles. The molecule has 1 saturated heterocycles. The van der Waals surface area contributed by atoms with E-state index in [1.54, 1.807) is 13.3 Å². The summed E-state index contributed by atoms with van der Waals surface area (Å²) in [4.78, 5) is 6.79. The third kappa shape index (κ3) is 2.15. The highest BCUT2D eigenvalue weighted by atomic mass is 32.1. The molecule has 86 valence electrons. The Morgan fingerprint density at radius 2 is 2.50 bits per heavy atom. The van der Waals surface area contributed by atoms with Gasteiger partial charge in [0.1, 0.15) is 10.7 Å². The minimum atomic E-state index is 0.291. The van der Waals surface area contributed by atoms with Crippen LogP contribution in [0.4, 0.5) is 5.69 Å². The summed E-state index contributed by atoms with van der Waals surface area (Å²) in [6, 6.07) is 3.90. The second-order valence-corrected chi connectivity index (χ2v) is 4.27. The van der Waals surface area contributed by atoms with Crippen molar-refractivity contribution < 1.29 is 4.74 Å². The summed E-state index contributed by atoms with van der Waals surface area (Å²) >= 11 is 5.00. The number of rotatable bonds is 3. The van der Waals surface area contributed by atoms with Crippen LogP contribution in [-0.4, -0.2) is 36.3 Å². The molecule has 0 bridgehead atoms. The number of anilines is 1. The summed E-state index contributed by atoms with van der Waals surface area (Å²) in [5.74, 6) is 0. The number of methoxy groups -OCH3 is 1. The molecule has 0 saturated carbocycles. The quantitative estimate of drug-likeness (QED) is 0.793. The standard InChI is InChI=1S/C11H15N3OS/c1-15-8-4-6-14(7-8)9-3-2-5-13-10(9)11(12)16/h2-3,5,8H,4,6-7H2,1H3,(H2,12,16). The Morgan fingerprint density at radius 3 is 3.12 bits per heavy atom. The van der Waals surface area contributed by atoms with Gasteiger partial charge in [-0.05, 0) is 18.6 Å². The van der Waals surface area contributed by atoms with Gasteiger partial charge in [-0.2, -0.15) is 0 Å². The van der Waals surface area contributed by atoms with Gasteiger partial charge < -0.3 is 15.4 Å². The van der Waals surface area contributed by atoms with E-state index in [-0.39, 0.29) is 0 Å². The molecule has 1 aromatic rings. The van der Waals surface area contributed by atoms with Gasteiger partial charge in [0, 0.05) is 26.4 Å². The largest absolute Gasteiger partial charge is 0.388 e. The van der Waals surface area contributed by atoms with Crippen LogP contribution in [0.15, 0.2) is 18.3 Å². The predicted octanol–water partition coefficient (Wildman–Crippen LogP) is 0.941. The van der Waals surface area contributed by atoms with Crippen molar-refractivity contribution in [3.8, 4) is 0 Å². The monoisotopic (exact) mass is 237 g/mol. The molecule has 1 aliphatic rings. The summed E-state index contributed by atoms with van der Waals surface area (Å²) in [7, 11) is 1.74. The second kappa shape index (κ2) is 4.76. The minimum absolute atomic E-state index is 0.291. The third-order valence-corrected chi connectivity index (χ3v) is 3.03. The van der Waals surface area contributed by atoms with Gasteiger partial charge >= 0.3 is 0 Å². The molecule has 0 spiro atoms. The topological polar surface area (TPSA) is 51.4 Å². The van der Waals surface area contributed by atoms with E-state index in [0.29, 0.717) is 16.8 Å². The van der Waals surface area contributed by atoms with Crippen LogP contribution in [-0.2, 0) is 4.74 Å². The second-order valence-electron chi connectivity index (χ2n) is 3.83. The molecule has 1 atom stereocenters. The maximum atomic E-state index is 5.66. The molecule has 0 aromatic carbocycles. The summed E-state index contributed by atoms with van der Waals surface area (Å²) in [5.41, 5.74) is 7.37. The fourth-order valence-corrected chi connectivity index (χ4v) is 2.14. The zero-order valence-corrected chi connectivity index (χ0v) is 10.0. The number of nitrogens with two attached hydrogens (primary N) is 1. The van der Waals surface area contributed by atoms with Crippen LogP contribution in [0.5, 0.6) is 0 Å². The van der Waals surface area contributed by atoms with E-state index < -0.39 is 0 Å². The Morgan fingerprint density at radius 1 is 1.69 bits per heavy atom. The lowest BCUT2D eigenvalue weighted by atomic mass is 10.2. The van der Waals surface area contributed by atoms with Crippen LogP contribution >= 0.6 is 12.2 Å². The average Bonchev–Trinajstić information content (AvgIpc) is 2.77. The van der Waals surface area contributed by atoms with Crippen molar-refractivity contribution in [3.63, 3.8) is 0 Å². The Hall–Kier alpha value is -1.20. The number of pyridine rings is 1. The molecule has 0 amide bonds. The van der Waals surface area contributed by atoms with E-state index in [1.807, 2.05) is 12.1 Å². The van der Waals surface area contributed by atoms with E-state index in [4.69, 9.17) is 22.7 Å². The van der Waals surface area contributed by atoms with Crippen molar-refractivity contribution in [2.24, 2.45) is 5.73 Å². The van der Waals surface area contributed by atoms with Crippen LogP contribution in [0.25, 0.3) is 0 Å². The molecular weight excluding hydrogens is 222 g/mol. The van der Waals surface area contributed by atoms with Crippen molar-refractivity contribution >= 4 is 22.9 Å². The molecule has 1 aliphatic heterocycles. The minimum Gasteiger partial charge on any atom is -0.388 e. The van der Waals surface area contributed by atoms with E-state index >= 15 is 0 Å². The molecule has 2 N–H and O–H groups in total. The summed E-state index contributed by atoms with van der Waals surface area (Å²) in [5, 5.41) is 0. The Balaban J connectivity index is 2.24. The van der Waals surface area contributed by atoms with E-state index in [0.717, 1.165) is 25.2 Å². The van der Waals surface area contributed by atoms with Gasteiger partial charge in [-0.15, -0.1) is 0 Å². The fraction of sp³-hybridized carbons (Fsp3) is 0.455. The van der Waals surface area contributed by atoms with Crippen molar-refractivity contribution in [2.45, 2.75) is 12.5 Å². The Kier molecular flexibility index (Phi) is 3.36. The first-order valence-electron chi connectivity index (χ1n) is 5.25. The lowest BCUT2D eigenvalue weighted by Gasteiger charge is -2.20. The van der Waals surface area contributed by atoms with Gasteiger partial charge in [0.05, 0.1) is 11.8 Å². The maximum Gasteiger partial charge on any atom is 0.124 e. The first-order valence-corrected chi connectivity index (χ1v) is 5.65. The lowest BCUT2D eigenvalue weighted by Crippen LogP contribution is -2.26. The SMILES string of the molecule is COC1CCN(c2cccnc2C(N)=S)C1. The van der Waals surface area contributed by atoms with Crippen LogP contribution in [0.1, 0.15) is 12.1 Å². The van der Waals surface area contributed by atoms with Gasteiger partial charge in [0.25, 0.3) is 0 Å². The first kappa shape index (κ1) is 11.3. The van der Waals surface area contributed by atoms with Crippen LogP contribution < -0.4 is 10.6 Å². The number of aromatic nitrogens is 1. The molecule has 5 heteroatoms. The maximum absolute atomic E-state index is 5.66. The van der Waals surface area contributed by atoms with Crippen LogP contribution in [0.2, 0.25) is 0 Å². The molecule has 1 unspecified atom stereocenters. The Bertz CT molecular complexity index is 397.